The average molecular weight is 304 g/mol. The summed E-state index contributed by atoms with van der Waals surface area (Å²) in [5.41, 5.74) is 2.14. The van der Waals surface area contributed by atoms with Crippen LogP contribution in [0, 0.1) is 0 Å². The summed E-state index contributed by atoms with van der Waals surface area (Å²) in [6, 6.07) is 9.22. The highest BCUT2D eigenvalue weighted by Gasteiger charge is 2.15. The molecule has 6 heteroatoms. The van der Waals surface area contributed by atoms with E-state index in [2.05, 4.69) is 16.4 Å². The van der Waals surface area contributed by atoms with Crippen LogP contribution in [-0.2, 0) is 15.3 Å². The fourth-order valence-electron chi connectivity index (χ4n) is 1.97. The van der Waals surface area contributed by atoms with Crippen LogP contribution in [0.4, 0.5) is 0 Å². The quantitative estimate of drug-likeness (QED) is 0.576. The number of hydrogen-bond acceptors (Lipinski definition) is 4. The molecule has 1 aromatic carbocycles. The van der Waals surface area contributed by atoms with Crippen molar-refractivity contribution >= 4 is 35.0 Å². The molecule has 1 aromatic heterocycles. The van der Waals surface area contributed by atoms with E-state index in [-0.39, 0.29) is 0 Å². The Morgan fingerprint density at radius 3 is 3.05 bits per heavy atom. The zero-order valence-corrected chi connectivity index (χ0v) is 12.2. The summed E-state index contributed by atoms with van der Waals surface area (Å²) in [5, 5.41) is 12.3. The molecule has 0 saturated carbocycles. The number of carbonyl (C=O) groups is 2. The first kappa shape index (κ1) is 15.3. The third-order valence-electron chi connectivity index (χ3n) is 3.05. The van der Waals surface area contributed by atoms with Crippen molar-refractivity contribution in [3.63, 3.8) is 0 Å². The van der Waals surface area contributed by atoms with Gasteiger partial charge in [-0.05, 0) is 35.9 Å². The molecule has 0 spiro atoms. The third-order valence-corrected chi connectivity index (χ3v) is 4.12. The number of aromatic nitrogens is 1. The Morgan fingerprint density at radius 1 is 1.43 bits per heavy atom. The fraction of sp³-hybridized carbons (Fsp3) is 0.267. The SMILES string of the molecule is O=CNC(CCSCc1ccc2ncccc2c1)C(=O)O. The zero-order valence-electron chi connectivity index (χ0n) is 11.4. The highest BCUT2D eigenvalue weighted by Crippen LogP contribution is 2.18. The minimum Gasteiger partial charge on any atom is -0.480 e. The number of carboxylic acid groups (broad SMARTS) is 1. The Bertz CT molecular complexity index is 633. The van der Waals surface area contributed by atoms with Crippen molar-refractivity contribution in [1.29, 1.82) is 0 Å². The van der Waals surface area contributed by atoms with Crippen LogP contribution in [0.3, 0.4) is 0 Å². The van der Waals surface area contributed by atoms with Crippen LogP contribution in [0.2, 0.25) is 0 Å². The van der Waals surface area contributed by atoms with Crippen LogP contribution >= 0.6 is 11.8 Å². The summed E-state index contributed by atoms with van der Waals surface area (Å²) in [6.45, 7) is 0. The Morgan fingerprint density at radius 2 is 2.29 bits per heavy atom. The molecule has 1 amide bonds. The summed E-state index contributed by atoms with van der Waals surface area (Å²) in [6.07, 6.45) is 2.61. The molecule has 0 aliphatic carbocycles. The second-order valence-electron chi connectivity index (χ2n) is 4.55. The molecular weight excluding hydrogens is 288 g/mol. The molecule has 2 rings (SSSR count). The summed E-state index contributed by atoms with van der Waals surface area (Å²) in [4.78, 5) is 25.4. The molecule has 0 aliphatic heterocycles. The Balaban J connectivity index is 1.84. The first-order valence-corrected chi connectivity index (χ1v) is 7.70. The maximum absolute atomic E-state index is 10.9. The molecule has 0 aliphatic rings. The van der Waals surface area contributed by atoms with Crippen molar-refractivity contribution < 1.29 is 14.7 Å². The predicted octanol–water partition coefficient (Wildman–Crippen LogP) is 2.06. The van der Waals surface area contributed by atoms with Crippen LogP contribution in [0.15, 0.2) is 36.5 Å². The molecule has 0 saturated heterocycles. The lowest BCUT2D eigenvalue weighted by Crippen LogP contribution is -2.36. The van der Waals surface area contributed by atoms with E-state index in [0.29, 0.717) is 18.6 Å². The van der Waals surface area contributed by atoms with Gasteiger partial charge in [-0.3, -0.25) is 9.78 Å². The van der Waals surface area contributed by atoms with E-state index in [0.717, 1.165) is 16.7 Å². The number of carbonyl (C=O) groups excluding carboxylic acids is 1. The number of fused-ring (bicyclic) bond motifs is 1. The zero-order chi connectivity index (χ0) is 15.1. The van der Waals surface area contributed by atoms with Gasteiger partial charge >= 0.3 is 5.97 Å². The largest absolute Gasteiger partial charge is 0.480 e. The topological polar surface area (TPSA) is 79.3 Å². The van der Waals surface area contributed by atoms with Gasteiger partial charge in [-0.15, -0.1) is 0 Å². The molecule has 2 aromatic rings. The molecule has 1 heterocycles. The molecule has 110 valence electrons. The van der Waals surface area contributed by atoms with Crippen LogP contribution in [0.25, 0.3) is 10.9 Å². The van der Waals surface area contributed by atoms with Crippen LogP contribution in [0.5, 0.6) is 0 Å². The van der Waals surface area contributed by atoms with Crippen molar-refractivity contribution in [2.24, 2.45) is 0 Å². The Hall–Kier alpha value is -2.08. The van der Waals surface area contributed by atoms with E-state index in [4.69, 9.17) is 5.11 Å². The molecule has 0 bridgehead atoms. The lowest BCUT2D eigenvalue weighted by Gasteiger charge is -2.10. The maximum Gasteiger partial charge on any atom is 0.326 e. The second-order valence-corrected chi connectivity index (χ2v) is 5.65. The molecule has 1 unspecified atom stereocenters. The lowest BCUT2D eigenvalue weighted by atomic mass is 10.1. The smallest absolute Gasteiger partial charge is 0.326 e. The molecule has 5 nitrogen and oxygen atoms in total. The van der Waals surface area contributed by atoms with Gasteiger partial charge in [0.25, 0.3) is 0 Å². The van der Waals surface area contributed by atoms with Crippen LogP contribution in [-0.4, -0.2) is 34.3 Å². The number of hydrogen-bond donors (Lipinski definition) is 2. The molecule has 2 N–H and O–H groups in total. The number of rotatable bonds is 8. The van der Waals surface area contributed by atoms with E-state index < -0.39 is 12.0 Å². The summed E-state index contributed by atoms with van der Waals surface area (Å²) >= 11 is 1.65. The molecule has 1 atom stereocenters. The van der Waals surface area contributed by atoms with E-state index in [1.54, 1.807) is 18.0 Å². The van der Waals surface area contributed by atoms with E-state index in [1.165, 1.54) is 5.56 Å². The molecule has 0 radical (unpaired) electrons. The van der Waals surface area contributed by atoms with Crippen LogP contribution in [0.1, 0.15) is 12.0 Å². The summed E-state index contributed by atoms with van der Waals surface area (Å²) in [7, 11) is 0. The standard InChI is InChI=1S/C15H16N2O3S/c18-10-17-14(15(19)20)5-7-21-9-11-3-4-13-12(8-11)2-1-6-16-13/h1-4,6,8,10,14H,5,7,9H2,(H,17,18)(H,19,20). The van der Waals surface area contributed by atoms with Gasteiger partial charge in [0.05, 0.1) is 5.52 Å². The number of amides is 1. The average Bonchev–Trinajstić information content (AvgIpc) is 2.50. The normalized spacial score (nSPS) is 12.0. The molecule has 21 heavy (non-hydrogen) atoms. The van der Waals surface area contributed by atoms with Crippen molar-refractivity contribution in [3.8, 4) is 0 Å². The van der Waals surface area contributed by atoms with Gasteiger partial charge in [-0.1, -0.05) is 12.1 Å². The number of pyridine rings is 1. The minimum absolute atomic E-state index is 0.411. The number of nitrogens with zero attached hydrogens (tertiary/aromatic N) is 1. The van der Waals surface area contributed by atoms with Crippen LogP contribution < -0.4 is 5.32 Å². The number of benzene rings is 1. The van der Waals surface area contributed by atoms with Crippen molar-refractivity contribution in [3.05, 3.63) is 42.1 Å². The maximum atomic E-state index is 10.9. The van der Waals surface area contributed by atoms with Gasteiger partial charge in [0.1, 0.15) is 6.04 Å². The lowest BCUT2D eigenvalue weighted by molar-refractivity contribution is -0.140. The monoisotopic (exact) mass is 304 g/mol. The van der Waals surface area contributed by atoms with Crippen molar-refractivity contribution in [1.82, 2.24) is 10.3 Å². The Kier molecular flexibility index (Phi) is 5.57. The minimum atomic E-state index is -1.00. The van der Waals surface area contributed by atoms with Gasteiger partial charge in [0, 0.05) is 17.3 Å². The van der Waals surface area contributed by atoms with E-state index >= 15 is 0 Å². The number of thioether (sulfide) groups is 1. The van der Waals surface area contributed by atoms with Gasteiger partial charge < -0.3 is 10.4 Å². The predicted molar refractivity (Wildman–Crippen MR) is 83.1 cm³/mol. The number of nitrogens with one attached hydrogen (secondary N) is 1. The van der Waals surface area contributed by atoms with Gasteiger partial charge in [0.15, 0.2) is 0 Å². The van der Waals surface area contributed by atoms with Crippen molar-refractivity contribution in [2.75, 3.05) is 5.75 Å². The van der Waals surface area contributed by atoms with Gasteiger partial charge in [-0.2, -0.15) is 11.8 Å². The first-order chi connectivity index (χ1) is 10.2. The van der Waals surface area contributed by atoms with Crippen molar-refractivity contribution in [2.45, 2.75) is 18.2 Å². The highest BCUT2D eigenvalue weighted by molar-refractivity contribution is 7.98. The Labute approximate surface area is 126 Å². The number of aliphatic carboxylic acids is 1. The fourth-order valence-corrected chi connectivity index (χ4v) is 2.93. The third kappa shape index (κ3) is 4.46. The summed E-state index contributed by atoms with van der Waals surface area (Å²) in [5.74, 6) is 0.473. The number of carboxylic acids is 1. The molecule has 0 fully saturated rings. The van der Waals surface area contributed by atoms with E-state index in [1.807, 2.05) is 24.3 Å². The highest BCUT2D eigenvalue weighted by atomic mass is 32.2. The summed E-state index contributed by atoms with van der Waals surface area (Å²) < 4.78 is 0. The second kappa shape index (κ2) is 7.64. The first-order valence-electron chi connectivity index (χ1n) is 6.54. The molecular formula is C15H16N2O3S. The van der Waals surface area contributed by atoms with Gasteiger partial charge in [-0.25, -0.2) is 4.79 Å². The van der Waals surface area contributed by atoms with Gasteiger partial charge in [0.2, 0.25) is 6.41 Å². The van der Waals surface area contributed by atoms with E-state index in [9.17, 15) is 9.59 Å².